The van der Waals surface area contributed by atoms with Gasteiger partial charge in [0, 0.05) is 18.7 Å². The number of dihydropyridines is 1. The fraction of sp³-hybridized carbons (Fsp3) is 0.167. The second-order valence-corrected chi connectivity index (χ2v) is 5.62. The maximum absolute atomic E-state index is 14.0. The summed E-state index contributed by atoms with van der Waals surface area (Å²) in [4.78, 5) is -0.375. The molecule has 5 nitrogen and oxygen atoms in total. The zero-order chi connectivity index (χ0) is 15.0. The molecular formula is C12H12F2N2O3S. The lowest BCUT2D eigenvalue weighted by Gasteiger charge is -2.36. The molecule has 1 aromatic carbocycles. The first-order valence-electron chi connectivity index (χ1n) is 5.50. The van der Waals surface area contributed by atoms with Gasteiger partial charge in [-0.2, -0.15) is 0 Å². The molecule has 0 amide bonds. The van der Waals surface area contributed by atoms with Crippen molar-refractivity contribution < 1.29 is 21.9 Å². The molecule has 1 atom stereocenters. The van der Waals surface area contributed by atoms with Gasteiger partial charge < -0.3 is 10.1 Å². The molecule has 0 radical (unpaired) electrons. The van der Waals surface area contributed by atoms with Gasteiger partial charge in [-0.25, -0.2) is 22.3 Å². The van der Waals surface area contributed by atoms with Crippen LogP contribution in [-0.4, -0.2) is 15.5 Å². The van der Waals surface area contributed by atoms with E-state index in [1.165, 1.54) is 25.5 Å². The minimum atomic E-state index is -4.16. The van der Waals surface area contributed by atoms with E-state index in [0.717, 1.165) is 12.1 Å². The summed E-state index contributed by atoms with van der Waals surface area (Å²) in [6.45, 7) is 0. The Kier molecular flexibility index (Phi) is 3.63. The molecule has 108 valence electrons. The van der Waals surface area contributed by atoms with E-state index >= 15 is 0 Å². The lowest BCUT2D eigenvalue weighted by atomic mass is 9.99. The topological polar surface area (TPSA) is 81.4 Å². The quantitative estimate of drug-likeness (QED) is 0.874. The van der Waals surface area contributed by atoms with Gasteiger partial charge in [0.1, 0.15) is 16.5 Å². The largest absolute Gasteiger partial charge is 0.356 e. The lowest BCUT2D eigenvalue weighted by Crippen LogP contribution is -2.48. The van der Waals surface area contributed by atoms with Gasteiger partial charge >= 0.3 is 0 Å². The summed E-state index contributed by atoms with van der Waals surface area (Å²) in [5.74, 6) is -1.74. The molecule has 1 aromatic rings. The van der Waals surface area contributed by atoms with E-state index in [4.69, 9.17) is 9.88 Å². The van der Waals surface area contributed by atoms with E-state index in [0.29, 0.717) is 6.07 Å². The normalized spacial score (nSPS) is 22.3. The van der Waals surface area contributed by atoms with Crippen LogP contribution < -0.4 is 10.5 Å². The van der Waals surface area contributed by atoms with Crippen LogP contribution in [0.3, 0.4) is 0 Å². The number of halogens is 2. The number of hydrogen-bond acceptors (Lipinski definition) is 4. The molecule has 20 heavy (non-hydrogen) atoms. The van der Waals surface area contributed by atoms with Crippen LogP contribution in [0, 0.1) is 11.6 Å². The van der Waals surface area contributed by atoms with Gasteiger partial charge in [-0.05, 0) is 30.5 Å². The number of sulfonamides is 1. The standard InChI is InChI=1S/C12H12F2N2O3S/c1-19-12(9-5-4-8(13)7-10(9)14)11(20(15,17)18)3-2-6-16-12/h2-7,16H,1H3,(H2,15,17,18). The summed E-state index contributed by atoms with van der Waals surface area (Å²) >= 11 is 0. The van der Waals surface area contributed by atoms with Crippen molar-refractivity contribution in [2.24, 2.45) is 5.14 Å². The average Bonchev–Trinajstić information content (AvgIpc) is 2.37. The molecule has 8 heteroatoms. The third-order valence-corrected chi connectivity index (χ3v) is 3.94. The second kappa shape index (κ2) is 4.97. The number of methoxy groups -OCH3 is 1. The molecular weight excluding hydrogens is 290 g/mol. The first-order valence-corrected chi connectivity index (χ1v) is 7.04. The maximum atomic E-state index is 14.0. The molecule has 2 rings (SSSR count). The summed E-state index contributed by atoms with van der Waals surface area (Å²) in [6.07, 6.45) is 3.96. The molecule has 1 aliphatic heterocycles. The number of nitrogens with two attached hydrogens (primary N) is 1. The monoisotopic (exact) mass is 302 g/mol. The molecule has 1 heterocycles. The summed E-state index contributed by atoms with van der Waals surface area (Å²) in [6, 6.07) is 2.73. The number of benzene rings is 1. The molecule has 0 fully saturated rings. The Hall–Kier alpha value is -1.77. The number of primary sulfonamides is 1. The molecule has 0 bridgehead atoms. The predicted molar refractivity (Wildman–Crippen MR) is 68.5 cm³/mol. The molecule has 0 aromatic heterocycles. The highest BCUT2D eigenvalue weighted by Crippen LogP contribution is 2.36. The van der Waals surface area contributed by atoms with Crippen molar-refractivity contribution in [1.29, 1.82) is 0 Å². The van der Waals surface area contributed by atoms with Gasteiger partial charge in [0.2, 0.25) is 15.7 Å². The van der Waals surface area contributed by atoms with Crippen LogP contribution in [0.25, 0.3) is 0 Å². The van der Waals surface area contributed by atoms with Crippen LogP contribution in [0.4, 0.5) is 8.78 Å². The van der Waals surface area contributed by atoms with Crippen molar-refractivity contribution in [3.63, 3.8) is 0 Å². The zero-order valence-corrected chi connectivity index (χ0v) is 11.2. The molecule has 0 saturated heterocycles. The number of hydrogen-bond donors (Lipinski definition) is 2. The third-order valence-electron chi connectivity index (χ3n) is 2.90. The van der Waals surface area contributed by atoms with E-state index < -0.39 is 27.4 Å². The highest BCUT2D eigenvalue weighted by Gasteiger charge is 2.44. The van der Waals surface area contributed by atoms with Gasteiger partial charge in [0.05, 0.1) is 0 Å². The van der Waals surface area contributed by atoms with E-state index in [1.54, 1.807) is 0 Å². The summed E-state index contributed by atoms with van der Waals surface area (Å²) in [5.41, 5.74) is -2.02. The SMILES string of the molecule is COC1(c2ccc(F)cc2F)NC=CC=C1S(N)(=O)=O. The van der Waals surface area contributed by atoms with E-state index in [-0.39, 0.29) is 10.5 Å². The Morgan fingerprint density at radius 1 is 1.35 bits per heavy atom. The van der Waals surface area contributed by atoms with Crippen molar-refractivity contribution in [2.75, 3.05) is 7.11 Å². The summed E-state index contributed by atoms with van der Waals surface area (Å²) < 4.78 is 55.5. The Bertz CT molecular complexity index is 701. The van der Waals surface area contributed by atoms with Gasteiger partial charge in [0.25, 0.3) is 0 Å². The minimum absolute atomic E-state index is 0.189. The van der Waals surface area contributed by atoms with Crippen LogP contribution in [0.5, 0.6) is 0 Å². The van der Waals surface area contributed by atoms with Gasteiger partial charge in [-0.1, -0.05) is 0 Å². The van der Waals surface area contributed by atoms with E-state index in [9.17, 15) is 17.2 Å². The van der Waals surface area contributed by atoms with Crippen molar-refractivity contribution in [2.45, 2.75) is 5.72 Å². The smallest absolute Gasteiger partial charge is 0.239 e. The molecule has 0 saturated carbocycles. The fourth-order valence-electron chi connectivity index (χ4n) is 2.04. The first kappa shape index (κ1) is 14.6. The number of ether oxygens (including phenoxy) is 1. The minimum Gasteiger partial charge on any atom is -0.356 e. The van der Waals surface area contributed by atoms with Crippen LogP contribution in [0.2, 0.25) is 0 Å². The van der Waals surface area contributed by atoms with Crippen LogP contribution in [-0.2, 0) is 20.5 Å². The highest BCUT2D eigenvalue weighted by molar-refractivity contribution is 7.93. The third kappa shape index (κ3) is 2.33. The van der Waals surface area contributed by atoms with Gasteiger partial charge in [-0.15, -0.1) is 0 Å². The van der Waals surface area contributed by atoms with Crippen molar-refractivity contribution >= 4 is 10.0 Å². The van der Waals surface area contributed by atoms with Crippen LogP contribution in [0.15, 0.2) is 41.5 Å². The van der Waals surface area contributed by atoms with E-state index in [1.807, 2.05) is 0 Å². The number of allylic oxidation sites excluding steroid dienone is 2. The Balaban J connectivity index is 2.71. The lowest BCUT2D eigenvalue weighted by molar-refractivity contribution is 0.00182. The van der Waals surface area contributed by atoms with Crippen LogP contribution >= 0.6 is 0 Å². The maximum Gasteiger partial charge on any atom is 0.239 e. The van der Waals surface area contributed by atoms with Crippen molar-refractivity contribution in [1.82, 2.24) is 5.32 Å². The molecule has 0 spiro atoms. The Labute approximate surface area is 114 Å². The van der Waals surface area contributed by atoms with Crippen LogP contribution in [0.1, 0.15) is 5.56 Å². The van der Waals surface area contributed by atoms with Crippen molar-refractivity contribution in [3.05, 3.63) is 58.7 Å². The van der Waals surface area contributed by atoms with Gasteiger partial charge in [-0.3, -0.25) is 0 Å². The molecule has 0 aliphatic carbocycles. The summed E-state index contributed by atoms with van der Waals surface area (Å²) in [5, 5.41) is 7.76. The Morgan fingerprint density at radius 2 is 2.05 bits per heavy atom. The number of rotatable bonds is 3. The Morgan fingerprint density at radius 3 is 2.60 bits per heavy atom. The van der Waals surface area contributed by atoms with E-state index in [2.05, 4.69) is 5.32 Å². The average molecular weight is 302 g/mol. The molecule has 1 unspecified atom stereocenters. The zero-order valence-electron chi connectivity index (χ0n) is 10.4. The fourth-order valence-corrected chi connectivity index (χ4v) is 2.96. The summed E-state index contributed by atoms with van der Waals surface area (Å²) in [7, 11) is -2.97. The number of nitrogens with one attached hydrogen (secondary N) is 1. The first-order chi connectivity index (χ1) is 9.31. The highest BCUT2D eigenvalue weighted by atomic mass is 32.2. The van der Waals surface area contributed by atoms with Crippen molar-refractivity contribution in [3.8, 4) is 0 Å². The van der Waals surface area contributed by atoms with Gasteiger partial charge in [0.15, 0.2) is 0 Å². The predicted octanol–water partition coefficient (Wildman–Crippen LogP) is 1.05. The second-order valence-electron chi connectivity index (χ2n) is 4.09. The molecule has 3 N–H and O–H groups in total. The molecule has 1 aliphatic rings.